The van der Waals surface area contributed by atoms with Crippen LogP contribution in [-0.4, -0.2) is 42.7 Å². The largest absolute Gasteiger partial charge is 0.385 e. The van der Waals surface area contributed by atoms with Crippen LogP contribution in [0.4, 0.5) is 5.82 Å². The van der Waals surface area contributed by atoms with Crippen molar-refractivity contribution in [1.29, 1.82) is 0 Å². The molecular formula is C14H22N4O2. The fourth-order valence-corrected chi connectivity index (χ4v) is 2.14. The van der Waals surface area contributed by atoms with Crippen LogP contribution in [-0.2, 0) is 11.2 Å². The summed E-state index contributed by atoms with van der Waals surface area (Å²) in [6.45, 7) is 6.17. The summed E-state index contributed by atoms with van der Waals surface area (Å²) in [7, 11) is 1.69. The third-order valence-electron chi connectivity index (χ3n) is 3.23. The molecule has 110 valence electrons. The smallest absolute Gasteiger partial charge is 0.270 e. The van der Waals surface area contributed by atoms with Crippen molar-refractivity contribution in [3.8, 4) is 0 Å². The molecule has 0 fully saturated rings. The Morgan fingerprint density at radius 2 is 2.20 bits per heavy atom. The highest BCUT2D eigenvalue weighted by atomic mass is 16.5. The number of nitrogens with zero attached hydrogens (tertiary/aromatic N) is 2. The normalized spacial score (nSPS) is 14.1. The zero-order chi connectivity index (χ0) is 14.5. The highest BCUT2D eigenvalue weighted by Crippen LogP contribution is 2.23. The predicted octanol–water partition coefficient (Wildman–Crippen LogP) is 1.33. The van der Waals surface area contributed by atoms with Crippen LogP contribution in [0.1, 0.15) is 48.1 Å². The molecule has 0 radical (unpaired) electrons. The van der Waals surface area contributed by atoms with Crippen LogP contribution in [0.2, 0.25) is 0 Å². The number of amides is 1. The molecule has 2 heterocycles. The molecule has 2 rings (SSSR count). The van der Waals surface area contributed by atoms with E-state index in [0.29, 0.717) is 24.7 Å². The fourth-order valence-electron chi connectivity index (χ4n) is 2.14. The molecular weight excluding hydrogens is 256 g/mol. The molecule has 0 aromatic carbocycles. The number of rotatable bonds is 6. The maximum absolute atomic E-state index is 11.9. The molecule has 1 aromatic rings. The summed E-state index contributed by atoms with van der Waals surface area (Å²) >= 11 is 0. The summed E-state index contributed by atoms with van der Waals surface area (Å²) < 4.78 is 5.03. The molecule has 20 heavy (non-hydrogen) atoms. The number of carbonyl (C=O) groups is 1. The van der Waals surface area contributed by atoms with E-state index in [1.807, 2.05) is 13.8 Å². The number of aromatic nitrogens is 2. The lowest BCUT2D eigenvalue weighted by Gasteiger charge is -2.20. The first-order chi connectivity index (χ1) is 9.63. The zero-order valence-electron chi connectivity index (χ0n) is 12.3. The second-order valence-corrected chi connectivity index (χ2v) is 5.19. The molecule has 0 bridgehead atoms. The predicted molar refractivity (Wildman–Crippen MR) is 77.1 cm³/mol. The van der Waals surface area contributed by atoms with Gasteiger partial charge in [0.25, 0.3) is 5.91 Å². The van der Waals surface area contributed by atoms with Gasteiger partial charge in [0, 0.05) is 38.3 Å². The van der Waals surface area contributed by atoms with Gasteiger partial charge in [-0.05, 0) is 12.8 Å². The maximum Gasteiger partial charge on any atom is 0.270 e. The van der Waals surface area contributed by atoms with Crippen LogP contribution in [0.5, 0.6) is 0 Å². The van der Waals surface area contributed by atoms with Crippen molar-refractivity contribution in [2.24, 2.45) is 0 Å². The number of carbonyl (C=O) groups excluding carboxylic acids is 1. The number of fused-ring (bicyclic) bond motifs is 1. The first-order valence-electron chi connectivity index (χ1n) is 7.05. The van der Waals surface area contributed by atoms with E-state index in [1.54, 1.807) is 7.11 Å². The number of hydrogen-bond acceptors (Lipinski definition) is 5. The Morgan fingerprint density at radius 1 is 1.40 bits per heavy atom. The van der Waals surface area contributed by atoms with E-state index in [9.17, 15) is 4.79 Å². The van der Waals surface area contributed by atoms with Crippen molar-refractivity contribution in [3.63, 3.8) is 0 Å². The van der Waals surface area contributed by atoms with E-state index in [1.165, 1.54) is 0 Å². The molecule has 1 aliphatic heterocycles. The van der Waals surface area contributed by atoms with Crippen molar-refractivity contribution in [2.45, 2.75) is 32.6 Å². The van der Waals surface area contributed by atoms with Gasteiger partial charge in [0.2, 0.25) is 0 Å². The molecule has 0 atom stereocenters. The van der Waals surface area contributed by atoms with Crippen LogP contribution < -0.4 is 10.6 Å². The molecule has 0 saturated heterocycles. The highest BCUT2D eigenvalue weighted by Gasteiger charge is 2.24. The van der Waals surface area contributed by atoms with Crippen molar-refractivity contribution < 1.29 is 9.53 Å². The first-order valence-corrected chi connectivity index (χ1v) is 7.05. The third-order valence-corrected chi connectivity index (χ3v) is 3.23. The van der Waals surface area contributed by atoms with Gasteiger partial charge >= 0.3 is 0 Å². The molecule has 0 spiro atoms. The van der Waals surface area contributed by atoms with Crippen LogP contribution in [0.15, 0.2) is 0 Å². The quantitative estimate of drug-likeness (QED) is 0.768. The molecule has 2 N–H and O–H groups in total. The SMILES string of the molecule is COCCCNc1nc(C(C)C)nc2c1CCNC2=O. The lowest BCUT2D eigenvalue weighted by molar-refractivity contribution is 0.0940. The molecule has 1 amide bonds. The van der Waals surface area contributed by atoms with Gasteiger partial charge in [-0.1, -0.05) is 13.8 Å². The van der Waals surface area contributed by atoms with Gasteiger partial charge in [0.15, 0.2) is 0 Å². The van der Waals surface area contributed by atoms with Crippen molar-refractivity contribution >= 4 is 11.7 Å². The van der Waals surface area contributed by atoms with E-state index in [4.69, 9.17) is 4.74 Å². The average molecular weight is 278 g/mol. The lowest BCUT2D eigenvalue weighted by atomic mass is 10.1. The van der Waals surface area contributed by atoms with E-state index in [0.717, 1.165) is 30.8 Å². The summed E-state index contributed by atoms with van der Waals surface area (Å²) in [6, 6.07) is 0. The minimum Gasteiger partial charge on any atom is -0.385 e. The van der Waals surface area contributed by atoms with Gasteiger partial charge in [-0.15, -0.1) is 0 Å². The van der Waals surface area contributed by atoms with Gasteiger partial charge in [0.05, 0.1) is 0 Å². The lowest BCUT2D eigenvalue weighted by Crippen LogP contribution is -2.34. The van der Waals surface area contributed by atoms with E-state index in [-0.39, 0.29) is 11.8 Å². The Bertz CT molecular complexity index is 488. The summed E-state index contributed by atoms with van der Waals surface area (Å²) in [6.07, 6.45) is 1.67. The maximum atomic E-state index is 11.9. The number of ether oxygens (including phenoxy) is 1. The van der Waals surface area contributed by atoms with E-state index < -0.39 is 0 Å². The summed E-state index contributed by atoms with van der Waals surface area (Å²) in [4.78, 5) is 20.9. The van der Waals surface area contributed by atoms with Gasteiger partial charge in [-0.25, -0.2) is 9.97 Å². The van der Waals surface area contributed by atoms with Gasteiger partial charge in [-0.2, -0.15) is 0 Å². The monoisotopic (exact) mass is 278 g/mol. The van der Waals surface area contributed by atoms with Crippen LogP contribution in [0, 0.1) is 0 Å². The number of hydrogen-bond donors (Lipinski definition) is 2. The Hall–Kier alpha value is -1.69. The van der Waals surface area contributed by atoms with Gasteiger partial charge in [0.1, 0.15) is 17.3 Å². The van der Waals surface area contributed by atoms with Crippen molar-refractivity contribution in [1.82, 2.24) is 15.3 Å². The third kappa shape index (κ3) is 3.25. The Kier molecular flexibility index (Phi) is 4.89. The molecule has 1 aromatic heterocycles. The minimum absolute atomic E-state index is 0.101. The van der Waals surface area contributed by atoms with Crippen LogP contribution in [0.25, 0.3) is 0 Å². The molecule has 0 unspecified atom stereocenters. The summed E-state index contributed by atoms with van der Waals surface area (Å²) in [5.41, 5.74) is 1.44. The highest BCUT2D eigenvalue weighted by molar-refractivity contribution is 5.96. The molecule has 1 aliphatic rings. The van der Waals surface area contributed by atoms with Gasteiger partial charge in [-0.3, -0.25) is 4.79 Å². The second-order valence-electron chi connectivity index (χ2n) is 5.19. The van der Waals surface area contributed by atoms with E-state index in [2.05, 4.69) is 20.6 Å². The van der Waals surface area contributed by atoms with Crippen LogP contribution >= 0.6 is 0 Å². The van der Waals surface area contributed by atoms with Crippen LogP contribution in [0.3, 0.4) is 0 Å². The Labute approximate surface area is 119 Å². The van der Waals surface area contributed by atoms with E-state index >= 15 is 0 Å². The molecule has 6 nitrogen and oxygen atoms in total. The fraction of sp³-hybridized carbons (Fsp3) is 0.643. The topological polar surface area (TPSA) is 76.1 Å². The summed E-state index contributed by atoms with van der Waals surface area (Å²) in [5, 5.41) is 6.14. The van der Waals surface area contributed by atoms with Gasteiger partial charge < -0.3 is 15.4 Å². The number of nitrogens with one attached hydrogen (secondary N) is 2. The number of anilines is 1. The summed E-state index contributed by atoms with van der Waals surface area (Å²) in [5.74, 6) is 1.59. The van der Waals surface area contributed by atoms with Crippen molar-refractivity contribution in [3.05, 3.63) is 17.1 Å². The average Bonchev–Trinajstić information content (AvgIpc) is 2.44. The first kappa shape index (κ1) is 14.7. The van der Waals surface area contributed by atoms with Crippen molar-refractivity contribution in [2.75, 3.05) is 32.1 Å². The molecule has 0 saturated carbocycles. The standard InChI is InChI=1S/C14H22N4O2/c1-9(2)12-17-11-10(5-7-16-14(11)19)13(18-12)15-6-4-8-20-3/h9H,4-8H2,1-3H3,(H,16,19)(H,15,17,18). The Balaban J connectivity index is 2.26. The molecule has 6 heteroatoms. The second kappa shape index (κ2) is 6.65. The number of methoxy groups -OCH3 is 1. The molecule has 0 aliphatic carbocycles. The minimum atomic E-state index is -0.101. The Morgan fingerprint density at radius 3 is 2.90 bits per heavy atom. The zero-order valence-corrected chi connectivity index (χ0v) is 12.3.